The van der Waals surface area contributed by atoms with Gasteiger partial charge in [-0.1, -0.05) is 96.3 Å². The Labute approximate surface area is 157 Å². The van der Waals surface area contributed by atoms with Gasteiger partial charge in [-0.2, -0.15) is 0 Å². The van der Waals surface area contributed by atoms with Gasteiger partial charge in [-0.3, -0.25) is 0 Å². The predicted molar refractivity (Wildman–Crippen MR) is 110 cm³/mol. The molecule has 0 radical (unpaired) electrons. The summed E-state index contributed by atoms with van der Waals surface area (Å²) in [5.41, 5.74) is 0. The third kappa shape index (κ3) is 20.9. The standard InChI is InChI=1S/C23H42O2/c1-3-5-6-7-8-9-10-11-12-13-14-15-16-17-18-19-20-21-22-25-23(24)4-2/h4,11-12H,2-3,5-10,13-22H2,1H3/b12-11-. The largest absolute Gasteiger partial charge is 0.463 e. The van der Waals surface area contributed by atoms with Gasteiger partial charge in [-0.05, 0) is 32.1 Å². The van der Waals surface area contributed by atoms with E-state index in [1.807, 2.05) is 0 Å². The molecule has 0 rings (SSSR count). The summed E-state index contributed by atoms with van der Waals surface area (Å²) in [5, 5.41) is 0. The van der Waals surface area contributed by atoms with Crippen LogP contribution in [0.2, 0.25) is 0 Å². The molecule has 0 aliphatic heterocycles. The van der Waals surface area contributed by atoms with E-state index in [4.69, 9.17) is 4.74 Å². The normalized spacial score (nSPS) is 11.1. The molecule has 0 saturated carbocycles. The molecule has 0 spiro atoms. The zero-order valence-electron chi connectivity index (χ0n) is 16.8. The zero-order valence-corrected chi connectivity index (χ0v) is 16.8. The Hall–Kier alpha value is -1.05. The van der Waals surface area contributed by atoms with Gasteiger partial charge in [0.1, 0.15) is 0 Å². The minimum Gasteiger partial charge on any atom is -0.463 e. The van der Waals surface area contributed by atoms with Crippen LogP contribution in [0.15, 0.2) is 24.8 Å². The molecule has 0 atom stereocenters. The molecule has 0 aromatic carbocycles. The highest BCUT2D eigenvalue weighted by molar-refractivity contribution is 5.81. The molecule has 2 heteroatoms. The molecule has 146 valence electrons. The zero-order chi connectivity index (χ0) is 18.4. The van der Waals surface area contributed by atoms with Crippen molar-refractivity contribution in [3.8, 4) is 0 Å². The van der Waals surface area contributed by atoms with Crippen molar-refractivity contribution in [3.05, 3.63) is 24.8 Å². The van der Waals surface area contributed by atoms with Crippen LogP contribution >= 0.6 is 0 Å². The number of ether oxygens (including phenoxy) is 1. The maximum atomic E-state index is 10.8. The lowest BCUT2D eigenvalue weighted by Crippen LogP contribution is -2.01. The van der Waals surface area contributed by atoms with Crippen molar-refractivity contribution in [2.75, 3.05) is 6.61 Å². The average Bonchev–Trinajstić information content (AvgIpc) is 2.63. The lowest BCUT2D eigenvalue weighted by Gasteiger charge is -2.03. The summed E-state index contributed by atoms with van der Waals surface area (Å²) in [4.78, 5) is 10.8. The van der Waals surface area contributed by atoms with Gasteiger partial charge in [-0.15, -0.1) is 0 Å². The van der Waals surface area contributed by atoms with Crippen LogP contribution in [-0.4, -0.2) is 12.6 Å². The molecule has 0 saturated heterocycles. The fourth-order valence-electron chi connectivity index (χ4n) is 2.93. The molecule has 0 aromatic rings. The van der Waals surface area contributed by atoms with E-state index in [-0.39, 0.29) is 5.97 Å². The average molecular weight is 351 g/mol. The van der Waals surface area contributed by atoms with Gasteiger partial charge in [0.2, 0.25) is 0 Å². The Bertz CT molecular complexity index is 320. The van der Waals surface area contributed by atoms with Gasteiger partial charge in [0.25, 0.3) is 0 Å². The van der Waals surface area contributed by atoms with E-state index in [0.717, 1.165) is 12.8 Å². The van der Waals surface area contributed by atoms with Gasteiger partial charge in [0.15, 0.2) is 0 Å². The summed E-state index contributed by atoms with van der Waals surface area (Å²) in [6.07, 6.45) is 27.0. The van der Waals surface area contributed by atoms with Crippen LogP contribution in [-0.2, 0) is 9.53 Å². The molecular formula is C23H42O2. The second kappa shape index (κ2) is 21.0. The molecule has 0 unspecified atom stereocenters. The summed E-state index contributed by atoms with van der Waals surface area (Å²) in [6.45, 7) is 6.19. The van der Waals surface area contributed by atoms with Crippen molar-refractivity contribution >= 4 is 5.97 Å². The van der Waals surface area contributed by atoms with Crippen molar-refractivity contribution in [2.45, 2.75) is 110 Å². The van der Waals surface area contributed by atoms with Gasteiger partial charge >= 0.3 is 5.97 Å². The van der Waals surface area contributed by atoms with Crippen LogP contribution in [0.5, 0.6) is 0 Å². The van der Waals surface area contributed by atoms with Crippen LogP contribution < -0.4 is 0 Å². The fraction of sp³-hybridized carbons (Fsp3) is 0.783. The highest BCUT2D eigenvalue weighted by Crippen LogP contribution is 2.11. The van der Waals surface area contributed by atoms with Gasteiger partial charge in [-0.25, -0.2) is 4.79 Å². The quantitative estimate of drug-likeness (QED) is 0.104. The van der Waals surface area contributed by atoms with E-state index >= 15 is 0 Å². The fourth-order valence-corrected chi connectivity index (χ4v) is 2.93. The molecule has 2 nitrogen and oxygen atoms in total. The monoisotopic (exact) mass is 350 g/mol. The first-order valence-electron chi connectivity index (χ1n) is 10.8. The second-order valence-electron chi connectivity index (χ2n) is 7.02. The summed E-state index contributed by atoms with van der Waals surface area (Å²) >= 11 is 0. The summed E-state index contributed by atoms with van der Waals surface area (Å²) in [7, 11) is 0. The van der Waals surface area contributed by atoms with E-state index in [2.05, 4.69) is 25.7 Å². The smallest absolute Gasteiger partial charge is 0.330 e. The maximum absolute atomic E-state index is 10.8. The first kappa shape index (κ1) is 23.9. The van der Waals surface area contributed by atoms with Crippen molar-refractivity contribution in [3.63, 3.8) is 0 Å². The minimum absolute atomic E-state index is 0.305. The van der Waals surface area contributed by atoms with E-state index in [1.165, 1.54) is 96.0 Å². The van der Waals surface area contributed by atoms with Crippen LogP contribution in [0.25, 0.3) is 0 Å². The van der Waals surface area contributed by atoms with Gasteiger partial charge in [0, 0.05) is 6.08 Å². The first-order valence-corrected chi connectivity index (χ1v) is 10.8. The lowest BCUT2D eigenvalue weighted by atomic mass is 10.1. The molecule has 25 heavy (non-hydrogen) atoms. The van der Waals surface area contributed by atoms with Crippen molar-refractivity contribution in [1.82, 2.24) is 0 Å². The summed E-state index contributed by atoms with van der Waals surface area (Å²) in [5.74, 6) is -0.305. The topological polar surface area (TPSA) is 26.3 Å². The molecule has 0 aromatic heterocycles. The maximum Gasteiger partial charge on any atom is 0.330 e. The Morgan fingerprint density at radius 3 is 1.64 bits per heavy atom. The highest BCUT2D eigenvalue weighted by Gasteiger charge is 1.95. The third-order valence-electron chi connectivity index (χ3n) is 4.57. The van der Waals surface area contributed by atoms with Crippen LogP contribution in [0, 0.1) is 0 Å². The molecule has 0 aliphatic carbocycles. The van der Waals surface area contributed by atoms with Crippen molar-refractivity contribution in [1.29, 1.82) is 0 Å². The first-order chi connectivity index (χ1) is 12.3. The molecule has 0 fully saturated rings. The molecule has 0 heterocycles. The number of unbranched alkanes of at least 4 members (excludes halogenated alkanes) is 14. The molecule has 0 N–H and O–H groups in total. The number of carbonyl (C=O) groups is 1. The number of carbonyl (C=O) groups excluding carboxylic acids is 1. The molecular weight excluding hydrogens is 308 g/mol. The lowest BCUT2D eigenvalue weighted by molar-refractivity contribution is -0.137. The number of hydrogen-bond acceptors (Lipinski definition) is 2. The van der Waals surface area contributed by atoms with Gasteiger partial charge < -0.3 is 4.74 Å². The summed E-state index contributed by atoms with van der Waals surface area (Å²) in [6, 6.07) is 0. The Morgan fingerprint density at radius 1 is 0.720 bits per heavy atom. The SMILES string of the molecule is C=CC(=O)OCCCCCCCCCC/C=C\CCCCCCCC. The Kier molecular flexibility index (Phi) is 20.1. The second-order valence-corrected chi connectivity index (χ2v) is 7.02. The predicted octanol–water partition coefficient (Wildman–Crippen LogP) is 7.53. The van der Waals surface area contributed by atoms with Gasteiger partial charge in [0.05, 0.1) is 6.61 Å². The van der Waals surface area contributed by atoms with Crippen LogP contribution in [0.3, 0.4) is 0 Å². The van der Waals surface area contributed by atoms with Crippen molar-refractivity contribution in [2.24, 2.45) is 0 Å². The molecule has 0 bridgehead atoms. The number of hydrogen-bond donors (Lipinski definition) is 0. The highest BCUT2D eigenvalue weighted by atomic mass is 16.5. The number of esters is 1. The third-order valence-corrected chi connectivity index (χ3v) is 4.57. The van der Waals surface area contributed by atoms with Crippen LogP contribution in [0.4, 0.5) is 0 Å². The molecule has 0 aliphatic rings. The Morgan fingerprint density at radius 2 is 1.16 bits per heavy atom. The minimum atomic E-state index is -0.305. The van der Waals surface area contributed by atoms with E-state index in [0.29, 0.717) is 6.61 Å². The number of allylic oxidation sites excluding steroid dienone is 2. The molecule has 0 amide bonds. The Balaban J connectivity index is 3.10. The van der Waals surface area contributed by atoms with E-state index in [9.17, 15) is 4.79 Å². The van der Waals surface area contributed by atoms with E-state index < -0.39 is 0 Å². The van der Waals surface area contributed by atoms with Crippen LogP contribution in [0.1, 0.15) is 110 Å². The summed E-state index contributed by atoms with van der Waals surface area (Å²) < 4.78 is 4.96. The number of rotatable bonds is 19. The van der Waals surface area contributed by atoms with E-state index in [1.54, 1.807) is 0 Å². The van der Waals surface area contributed by atoms with Crippen molar-refractivity contribution < 1.29 is 9.53 Å².